The van der Waals surface area contributed by atoms with Crippen molar-refractivity contribution in [3.05, 3.63) is 68.0 Å². The third-order valence-electron chi connectivity index (χ3n) is 6.59. The molecule has 2 aromatic carbocycles. The van der Waals surface area contributed by atoms with E-state index in [0.29, 0.717) is 52.8 Å². The number of carbonyl (C=O) groups excluding carboxylic acids is 1. The van der Waals surface area contributed by atoms with E-state index >= 15 is 0 Å². The number of nitrogens with zero attached hydrogens (tertiary/aromatic N) is 1. The summed E-state index contributed by atoms with van der Waals surface area (Å²) in [6, 6.07) is 8.44. The Balaban J connectivity index is 1.86. The van der Waals surface area contributed by atoms with Crippen LogP contribution >= 0.6 is 11.6 Å². The zero-order valence-electron chi connectivity index (χ0n) is 21.5. The molecule has 1 aromatic heterocycles. The molecule has 0 bridgehead atoms. The first-order chi connectivity index (χ1) is 17.4. The number of fused-ring (bicyclic) bond motifs is 2. The number of halogens is 1. The summed E-state index contributed by atoms with van der Waals surface area (Å²) in [5, 5.41) is 0.866. The zero-order valence-corrected chi connectivity index (χ0v) is 22.2. The summed E-state index contributed by atoms with van der Waals surface area (Å²) in [4.78, 5) is 29.1. The minimum Gasteiger partial charge on any atom is -0.490 e. The minimum atomic E-state index is -0.575. The highest BCUT2D eigenvalue weighted by atomic mass is 35.5. The summed E-state index contributed by atoms with van der Waals surface area (Å²) in [6.07, 6.45) is 4.82. The van der Waals surface area contributed by atoms with Gasteiger partial charge in [-0.05, 0) is 62.1 Å². The van der Waals surface area contributed by atoms with Gasteiger partial charge in [-0.1, -0.05) is 50.8 Å². The number of rotatable bonds is 11. The maximum Gasteiger partial charge on any atom is 0.290 e. The van der Waals surface area contributed by atoms with Crippen molar-refractivity contribution in [3.63, 3.8) is 0 Å². The number of hydrogen-bond donors (Lipinski definition) is 0. The van der Waals surface area contributed by atoms with E-state index in [9.17, 15) is 9.59 Å². The van der Waals surface area contributed by atoms with E-state index in [1.807, 2.05) is 32.0 Å². The van der Waals surface area contributed by atoms with Crippen LogP contribution in [-0.4, -0.2) is 30.6 Å². The van der Waals surface area contributed by atoms with Crippen molar-refractivity contribution in [2.45, 2.75) is 65.8 Å². The highest BCUT2D eigenvalue weighted by Gasteiger charge is 2.42. The van der Waals surface area contributed by atoms with Crippen LogP contribution in [0.5, 0.6) is 11.5 Å². The number of ether oxygens (including phenoxy) is 2. The van der Waals surface area contributed by atoms with Crippen molar-refractivity contribution in [2.75, 3.05) is 19.8 Å². The van der Waals surface area contributed by atoms with Gasteiger partial charge in [0.2, 0.25) is 5.76 Å². The molecule has 36 heavy (non-hydrogen) atoms. The van der Waals surface area contributed by atoms with Gasteiger partial charge in [-0.2, -0.15) is 0 Å². The lowest BCUT2D eigenvalue weighted by Crippen LogP contribution is -2.30. The Kier molecular flexibility index (Phi) is 8.24. The molecule has 4 rings (SSSR count). The third kappa shape index (κ3) is 4.96. The van der Waals surface area contributed by atoms with E-state index in [4.69, 9.17) is 25.5 Å². The lowest BCUT2D eigenvalue weighted by atomic mass is 9.97. The van der Waals surface area contributed by atoms with Crippen LogP contribution in [0.2, 0.25) is 5.02 Å². The number of amides is 1. The molecule has 0 aliphatic carbocycles. The Labute approximate surface area is 217 Å². The summed E-state index contributed by atoms with van der Waals surface area (Å²) >= 11 is 6.34. The van der Waals surface area contributed by atoms with E-state index in [1.54, 1.807) is 17.0 Å². The van der Waals surface area contributed by atoms with Gasteiger partial charge >= 0.3 is 0 Å². The fourth-order valence-corrected chi connectivity index (χ4v) is 4.82. The van der Waals surface area contributed by atoms with Crippen LogP contribution in [0.1, 0.15) is 86.2 Å². The average molecular weight is 512 g/mol. The molecule has 192 valence electrons. The first-order valence-corrected chi connectivity index (χ1v) is 13.3. The molecule has 1 aliphatic rings. The fourth-order valence-electron chi connectivity index (χ4n) is 4.66. The van der Waals surface area contributed by atoms with Gasteiger partial charge in [-0.25, -0.2) is 0 Å². The Bertz CT molecular complexity index is 1320. The molecular formula is C29H34ClNO5. The normalized spacial score (nSPS) is 15.0. The average Bonchev–Trinajstić information content (AvgIpc) is 3.13. The maximum atomic E-state index is 13.8. The van der Waals surface area contributed by atoms with Gasteiger partial charge in [0.05, 0.1) is 30.2 Å². The molecule has 2 heterocycles. The van der Waals surface area contributed by atoms with Gasteiger partial charge < -0.3 is 18.8 Å². The van der Waals surface area contributed by atoms with Gasteiger partial charge in [0, 0.05) is 11.6 Å². The summed E-state index contributed by atoms with van der Waals surface area (Å²) in [6.45, 7) is 9.58. The van der Waals surface area contributed by atoms with Crippen molar-refractivity contribution in [3.8, 4) is 11.5 Å². The molecule has 1 amide bonds. The van der Waals surface area contributed by atoms with Gasteiger partial charge in [-0.15, -0.1) is 0 Å². The van der Waals surface area contributed by atoms with Crippen LogP contribution in [0, 0.1) is 6.92 Å². The van der Waals surface area contributed by atoms with Crippen LogP contribution in [0.4, 0.5) is 0 Å². The first kappa shape index (κ1) is 26.1. The monoisotopic (exact) mass is 511 g/mol. The Hall–Kier alpha value is -2.99. The third-order valence-corrected chi connectivity index (χ3v) is 7.00. The van der Waals surface area contributed by atoms with Crippen molar-refractivity contribution in [2.24, 2.45) is 0 Å². The summed E-state index contributed by atoms with van der Waals surface area (Å²) < 4.78 is 17.9. The molecule has 1 atom stereocenters. The van der Waals surface area contributed by atoms with Gasteiger partial charge in [0.15, 0.2) is 16.9 Å². The standard InChI is InChI=1S/C29H34ClNO5/c1-5-8-10-13-31-26(19-11-12-22(35-14-9-6-2)24(16-19)34-7-3)25-27(32)20-17-21(30)18(4)15-23(20)36-28(25)29(31)33/h11-12,15-17,26H,5-10,13-14H2,1-4H3. The molecule has 0 fully saturated rings. The zero-order chi connectivity index (χ0) is 25.8. The van der Waals surface area contributed by atoms with Gasteiger partial charge in [-0.3, -0.25) is 9.59 Å². The lowest BCUT2D eigenvalue weighted by Gasteiger charge is -2.26. The van der Waals surface area contributed by atoms with Crippen LogP contribution in [0.15, 0.2) is 39.5 Å². The number of unbranched alkanes of at least 4 members (excludes halogenated alkanes) is 3. The molecule has 0 saturated carbocycles. The highest BCUT2D eigenvalue weighted by molar-refractivity contribution is 6.32. The van der Waals surface area contributed by atoms with Crippen molar-refractivity contribution < 1.29 is 18.7 Å². The second kappa shape index (κ2) is 11.4. The predicted molar refractivity (Wildman–Crippen MR) is 143 cm³/mol. The summed E-state index contributed by atoms with van der Waals surface area (Å²) in [7, 11) is 0. The smallest absolute Gasteiger partial charge is 0.290 e. The number of benzene rings is 2. The predicted octanol–water partition coefficient (Wildman–Crippen LogP) is 7.07. The summed E-state index contributed by atoms with van der Waals surface area (Å²) in [5.41, 5.74) is 2.07. The van der Waals surface area contributed by atoms with Gasteiger partial charge in [0.25, 0.3) is 5.91 Å². The molecule has 1 aliphatic heterocycles. The van der Waals surface area contributed by atoms with Gasteiger partial charge in [0.1, 0.15) is 5.58 Å². The fraction of sp³-hybridized carbons (Fsp3) is 0.448. The second-order valence-electron chi connectivity index (χ2n) is 9.22. The van der Waals surface area contributed by atoms with E-state index < -0.39 is 6.04 Å². The molecule has 3 aromatic rings. The number of hydrogen-bond acceptors (Lipinski definition) is 5. The van der Waals surface area contributed by atoms with Crippen LogP contribution in [0.25, 0.3) is 11.0 Å². The Morgan fingerprint density at radius 3 is 2.47 bits per heavy atom. The molecule has 6 nitrogen and oxygen atoms in total. The maximum absolute atomic E-state index is 13.8. The van der Waals surface area contributed by atoms with Crippen molar-refractivity contribution in [1.29, 1.82) is 0 Å². The molecule has 0 spiro atoms. The van der Waals surface area contributed by atoms with E-state index in [-0.39, 0.29) is 17.1 Å². The topological polar surface area (TPSA) is 69.0 Å². The number of aryl methyl sites for hydroxylation is 1. The lowest BCUT2D eigenvalue weighted by molar-refractivity contribution is 0.0724. The molecule has 0 N–H and O–H groups in total. The number of carbonyl (C=O) groups is 1. The Morgan fingerprint density at radius 2 is 1.75 bits per heavy atom. The van der Waals surface area contributed by atoms with Crippen LogP contribution in [0.3, 0.4) is 0 Å². The molecule has 0 radical (unpaired) electrons. The molecule has 0 saturated heterocycles. The largest absolute Gasteiger partial charge is 0.490 e. The minimum absolute atomic E-state index is 0.108. The van der Waals surface area contributed by atoms with E-state index in [0.717, 1.165) is 43.2 Å². The van der Waals surface area contributed by atoms with Crippen LogP contribution in [-0.2, 0) is 0 Å². The van der Waals surface area contributed by atoms with Crippen LogP contribution < -0.4 is 14.9 Å². The summed E-state index contributed by atoms with van der Waals surface area (Å²) in [5.74, 6) is 1.10. The molecule has 7 heteroatoms. The second-order valence-corrected chi connectivity index (χ2v) is 9.63. The highest BCUT2D eigenvalue weighted by Crippen LogP contribution is 2.41. The molecular weight excluding hydrogens is 478 g/mol. The first-order valence-electron chi connectivity index (χ1n) is 12.9. The molecule has 1 unspecified atom stereocenters. The van der Waals surface area contributed by atoms with Crippen molar-refractivity contribution >= 4 is 28.5 Å². The van der Waals surface area contributed by atoms with E-state index in [2.05, 4.69) is 13.8 Å². The quantitative estimate of drug-likeness (QED) is 0.257. The Morgan fingerprint density at radius 1 is 0.972 bits per heavy atom. The SMILES string of the molecule is CCCCCN1C(=O)c2oc3cc(C)c(Cl)cc3c(=O)c2C1c1ccc(OCCCC)c(OCC)c1. The van der Waals surface area contributed by atoms with Crippen molar-refractivity contribution in [1.82, 2.24) is 4.90 Å². The van der Waals surface area contributed by atoms with E-state index in [1.165, 1.54) is 0 Å².